The van der Waals surface area contributed by atoms with E-state index in [0.717, 1.165) is 32.0 Å². The molecule has 2 heterocycles. The maximum atomic E-state index is 5.76. The lowest BCUT2D eigenvalue weighted by Gasteiger charge is -2.12. The minimum Gasteiger partial charge on any atom is -0.406 e. The molecule has 0 aliphatic carbocycles. The lowest BCUT2D eigenvalue weighted by atomic mass is 10.1. The van der Waals surface area contributed by atoms with Crippen LogP contribution in [0.25, 0.3) is 0 Å². The minimum absolute atomic E-state index is 0.135. The number of anilines is 1. The summed E-state index contributed by atoms with van der Waals surface area (Å²) in [5, 5.41) is 11.7. The number of nitrogens with one attached hydrogen (secondary N) is 1. The van der Waals surface area contributed by atoms with Crippen molar-refractivity contribution in [3.05, 3.63) is 5.89 Å². The summed E-state index contributed by atoms with van der Waals surface area (Å²) >= 11 is 0. The highest BCUT2D eigenvalue weighted by Gasteiger charge is 2.25. The fourth-order valence-corrected chi connectivity index (χ4v) is 2.32. The van der Waals surface area contributed by atoms with Crippen LogP contribution in [0, 0.1) is 5.92 Å². The van der Waals surface area contributed by atoms with Gasteiger partial charge in [0.1, 0.15) is 0 Å². The lowest BCUT2D eigenvalue weighted by molar-refractivity contribution is 0.415. The molecule has 1 aliphatic rings. The molecule has 0 spiro atoms. The van der Waals surface area contributed by atoms with Crippen LogP contribution in [0.4, 0.5) is 6.01 Å². The van der Waals surface area contributed by atoms with Gasteiger partial charge in [-0.15, -0.1) is 5.10 Å². The van der Waals surface area contributed by atoms with Gasteiger partial charge in [-0.3, -0.25) is 0 Å². The van der Waals surface area contributed by atoms with E-state index >= 15 is 0 Å². The van der Waals surface area contributed by atoms with E-state index in [2.05, 4.69) is 41.2 Å². The van der Waals surface area contributed by atoms with Gasteiger partial charge in [-0.25, -0.2) is 0 Å². The third-order valence-corrected chi connectivity index (χ3v) is 3.63. The zero-order valence-corrected chi connectivity index (χ0v) is 11.6. The maximum absolute atomic E-state index is 5.76. The summed E-state index contributed by atoms with van der Waals surface area (Å²) in [4.78, 5) is 2.21. The highest BCUT2D eigenvalue weighted by atomic mass is 16.4. The largest absolute Gasteiger partial charge is 0.406 e. The second kappa shape index (κ2) is 6.18. The van der Waals surface area contributed by atoms with E-state index in [9.17, 15) is 0 Å². The molecule has 0 amide bonds. The molecule has 1 aromatic rings. The zero-order valence-electron chi connectivity index (χ0n) is 11.6. The van der Waals surface area contributed by atoms with Crippen LogP contribution in [0.5, 0.6) is 0 Å². The summed E-state index contributed by atoms with van der Waals surface area (Å²) < 4.78 is 5.76. The highest BCUT2D eigenvalue weighted by molar-refractivity contribution is 5.26. The molecule has 1 aromatic heterocycles. The molecule has 0 saturated carbocycles. The molecule has 1 fully saturated rings. The van der Waals surface area contributed by atoms with Crippen molar-refractivity contribution in [2.75, 3.05) is 24.5 Å². The zero-order chi connectivity index (χ0) is 13.0. The van der Waals surface area contributed by atoms with Crippen LogP contribution in [-0.4, -0.2) is 29.8 Å². The number of hydrogen-bond acceptors (Lipinski definition) is 5. The Bertz CT molecular complexity index is 366. The van der Waals surface area contributed by atoms with Crippen LogP contribution in [0.1, 0.15) is 52.0 Å². The maximum Gasteiger partial charge on any atom is 0.318 e. The van der Waals surface area contributed by atoms with Crippen molar-refractivity contribution >= 4 is 6.01 Å². The monoisotopic (exact) mass is 252 g/mol. The molecule has 2 atom stereocenters. The molecule has 1 aliphatic heterocycles. The van der Waals surface area contributed by atoms with E-state index in [1.807, 2.05) is 0 Å². The van der Waals surface area contributed by atoms with E-state index in [1.54, 1.807) is 0 Å². The van der Waals surface area contributed by atoms with Gasteiger partial charge in [0, 0.05) is 13.1 Å². The number of rotatable bonds is 6. The van der Waals surface area contributed by atoms with Crippen LogP contribution < -0.4 is 10.2 Å². The Morgan fingerprint density at radius 2 is 2.28 bits per heavy atom. The Labute approximate surface area is 109 Å². The average molecular weight is 252 g/mol. The van der Waals surface area contributed by atoms with E-state index in [-0.39, 0.29) is 6.04 Å². The molecular weight excluding hydrogens is 228 g/mol. The first-order valence-electron chi connectivity index (χ1n) is 7.06. The molecule has 1 saturated heterocycles. The number of nitrogens with zero attached hydrogens (tertiary/aromatic N) is 3. The van der Waals surface area contributed by atoms with Crippen LogP contribution in [0.3, 0.4) is 0 Å². The molecule has 18 heavy (non-hydrogen) atoms. The van der Waals surface area contributed by atoms with E-state index < -0.39 is 0 Å². The standard InChI is InChI=1S/C13H24N4O/c1-4-7-14-10(3)12-15-16-13(18-12)17-8-6-11(5-2)9-17/h10-11,14H,4-9H2,1-3H3. The van der Waals surface area contributed by atoms with Gasteiger partial charge in [-0.1, -0.05) is 25.4 Å². The van der Waals surface area contributed by atoms with E-state index in [0.29, 0.717) is 11.9 Å². The molecule has 2 rings (SSSR count). The average Bonchev–Trinajstić information content (AvgIpc) is 3.03. The summed E-state index contributed by atoms with van der Waals surface area (Å²) in [6.45, 7) is 9.51. The molecule has 5 nitrogen and oxygen atoms in total. The van der Waals surface area contributed by atoms with Gasteiger partial charge in [-0.05, 0) is 32.2 Å². The first kappa shape index (κ1) is 13.3. The molecule has 1 N–H and O–H groups in total. The molecule has 102 valence electrons. The predicted molar refractivity (Wildman–Crippen MR) is 71.6 cm³/mol. The third kappa shape index (κ3) is 3.02. The van der Waals surface area contributed by atoms with Crippen LogP contribution >= 0.6 is 0 Å². The Hall–Kier alpha value is -1.10. The molecule has 0 bridgehead atoms. The highest BCUT2D eigenvalue weighted by Crippen LogP contribution is 2.25. The van der Waals surface area contributed by atoms with Gasteiger partial charge in [-0.2, -0.15) is 0 Å². The SMILES string of the molecule is CCCNC(C)c1nnc(N2CCC(CC)C2)o1. The summed E-state index contributed by atoms with van der Waals surface area (Å²) in [5.41, 5.74) is 0. The fourth-order valence-electron chi connectivity index (χ4n) is 2.32. The van der Waals surface area contributed by atoms with Crippen molar-refractivity contribution in [2.45, 2.75) is 46.1 Å². The second-order valence-electron chi connectivity index (χ2n) is 5.11. The lowest BCUT2D eigenvalue weighted by Crippen LogP contribution is -2.20. The van der Waals surface area contributed by atoms with Crippen molar-refractivity contribution in [3.63, 3.8) is 0 Å². The van der Waals surface area contributed by atoms with Crippen LogP contribution in [-0.2, 0) is 0 Å². The molecular formula is C13H24N4O. The Balaban J connectivity index is 1.93. The molecule has 5 heteroatoms. The Morgan fingerprint density at radius 3 is 2.94 bits per heavy atom. The van der Waals surface area contributed by atoms with E-state index in [1.165, 1.54) is 12.8 Å². The summed E-state index contributed by atoms with van der Waals surface area (Å²) in [6.07, 6.45) is 3.57. The van der Waals surface area contributed by atoms with Gasteiger partial charge in [0.05, 0.1) is 6.04 Å². The molecule has 0 aromatic carbocycles. The van der Waals surface area contributed by atoms with Crippen molar-refractivity contribution in [3.8, 4) is 0 Å². The topological polar surface area (TPSA) is 54.2 Å². The van der Waals surface area contributed by atoms with Gasteiger partial charge >= 0.3 is 6.01 Å². The van der Waals surface area contributed by atoms with Crippen LogP contribution in [0.2, 0.25) is 0 Å². The fraction of sp³-hybridized carbons (Fsp3) is 0.846. The number of aromatic nitrogens is 2. The smallest absolute Gasteiger partial charge is 0.318 e. The van der Waals surface area contributed by atoms with Gasteiger partial charge in [0.2, 0.25) is 5.89 Å². The van der Waals surface area contributed by atoms with Gasteiger partial charge in [0.25, 0.3) is 0 Å². The first-order chi connectivity index (χ1) is 8.74. The Kier molecular flexibility index (Phi) is 4.58. The van der Waals surface area contributed by atoms with Crippen molar-refractivity contribution in [1.82, 2.24) is 15.5 Å². The summed E-state index contributed by atoms with van der Waals surface area (Å²) in [7, 11) is 0. The summed E-state index contributed by atoms with van der Waals surface area (Å²) in [6, 6.07) is 0.821. The van der Waals surface area contributed by atoms with Crippen molar-refractivity contribution < 1.29 is 4.42 Å². The predicted octanol–water partition coefficient (Wildman–Crippen LogP) is 2.37. The Morgan fingerprint density at radius 1 is 1.44 bits per heavy atom. The van der Waals surface area contributed by atoms with E-state index in [4.69, 9.17) is 4.42 Å². The van der Waals surface area contributed by atoms with Crippen molar-refractivity contribution in [2.24, 2.45) is 5.92 Å². The third-order valence-electron chi connectivity index (χ3n) is 3.63. The van der Waals surface area contributed by atoms with Gasteiger partial charge in [0.15, 0.2) is 0 Å². The van der Waals surface area contributed by atoms with Crippen molar-refractivity contribution in [1.29, 1.82) is 0 Å². The quantitative estimate of drug-likeness (QED) is 0.842. The second-order valence-corrected chi connectivity index (χ2v) is 5.11. The first-order valence-corrected chi connectivity index (χ1v) is 7.06. The normalized spacial score (nSPS) is 21.5. The summed E-state index contributed by atoms with van der Waals surface area (Å²) in [5.74, 6) is 1.47. The number of hydrogen-bond donors (Lipinski definition) is 1. The van der Waals surface area contributed by atoms with Crippen LogP contribution in [0.15, 0.2) is 4.42 Å². The van der Waals surface area contributed by atoms with Gasteiger partial charge < -0.3 is 14.6 Å². The minimum atomic E-state index is 0.135. The molecule has 2 unspecified atom stereocenters. The molecule has 0 radical (unpaired) electrons.